The molecule has 0 aliphatic rings. The Balaban J connectivity index is 3.00. The van der Waals surface area contributed by atoms with Gasteiger partial charge >= 0.3 is 6.18 Å². The van der Waals surface area contributed by atoms with E-state index < -0.39 is 22.7 Å². The molecule has 1 rings (SSSR count). The Kier molecular flexibility index (Phi) is 2.22. The predicted molar refractivity (Wildman–Crippen MR) is 38.6 cm³/mol. The quantitative estimate of drug-likeness (QED) is 0.731. The second-order valence-electron chi connectivity index (χ2n) is 2.08. The predicted octanol–water partition coefficient (Wildman–Crippen LogP) is 1.68. The van der Waals surface area contributed by atoms with E-state index in [0.717, 1.165) is 16.4 Å². The van der Waals surface area contributed by atoms with E-state index in [1.807, 2.05) is 0 Å². The van der Waals surface area contributed by atoms with Gasteiger partial charge in [0, 0.05) is 23.3 Å². The highest BCUT2D eigenvalue weighted by molar-refractivity contribution is 7.83. The van der Waals surface area contributed by atoms with Crippen LogP contribution in [-0.2, 0) is 17.1 Å². The van der Waals surface area contributed by atoms with Gasteiger partial charge in [-0.15, -0.1) is 0 Å². The van der Waals surface area contributed by atoms with E-state index in [2.05, 4.69) is 5.10 Å². The molecule has 1 aromatic heterocycles. The lowest BCUT2D eigenvalue weighted by Crippen LogP contribution is -2.08. The summed E-state index contributed by atoms with van der Waals surface area (Å²) in [6.45, 7) is 0. The zero-order chi connectivity index (χ0) is 9.35. The molecule has 0 aliphatic heterocycles. The number of nitrogens with one attached hydrogen (secondary N) is 1. The van der Waals surface area contributed by atoms with Crippen LogP contribution in [0.3, 0.4) is 0 Å². The Morgan fingerprint density at radius 3 is 2.42 bits per heavy atom. The van der Waals surface area contributed by atoms with Crippen molar-refractivity contribution < 1.29 is 13.2 Å². The average molecular weight is 197 g/mol. The average Bonchev–Trinajstić information content (AvgIpc) is 2.30. The Morgan fingerprint density at radius 1 is 1.58 bits per heavy atom. The van der Waals surface area contributed by atoms with Gasteiger partial charge in [-0.2, -0.15) is 18.3 Å². The van der Waals surface area contributed by atoms with E-state index in [9.17, 15) is 13.2 Å². The molecule has 68 valence electrons. The Hall–Kier alpha value is -0.850. The van der Waals surface area contributed by atoms with Crippen molar-refractivity contribution in [3.05, 3.63) is 18.0 Å². The molecule has 0 aliphatic carbocycles. The van der Waals surface area contributed by atoms with Crippen molar-refractivity contribution in [2.75, 3.05) is 6.26 Å². The van der Waals surface area contributed by atoms with Gasteiger partial charge in [0.05, 0.1) is 0 Å². The summed E-state index contributed by atoms with van der Waals surface area (Å²) in [6.07, 6.45) is -1.79. The van der Waals surface area contributed by atoms with Crippen LogP contribution in [0.4, 0.5) is 13.2 Å². The van der Waals surface area contributed by atoms with Crippen LogP contribution in [0.1, 0.15) is 5.69 Å². The van der Waals surface area contributed by atoms with Crippen molar-refractivity contribution in [2.24, 2.45) is 0 Å². The first-order valence-electron chi connectivity index (χ1n) is 2.92. The topological polar surface area (TPSA) is 41.7 Å². The van der Waals surface area contributed by atoms with Gasteiger partial charge in [0.25, 0.3) is 0 Å². The van der Waals surface area contributed by atoms with Gasteiger partial charge in [0.1, 0.15) is 0 Å². The maximum absolute atomic E-state index is 11.9. The van der Waals surface area contributed by atoms with Crippen molar-refractivity contribution in [2.45, 2.75) is 6.18 Å². The van der Waals surface area contributed by atoms with Gasteiger partial charge in [0.2, 0.25) is 0 Å². The van der Waals surface area contributed by atoms with Crippen molar-refractivity contribution in [3.8, 4) is 0 Å². The van der Waals surface area contributed by atoms with Crippen LogP contribution in [0.2, 0.25) is 0 Å². The number of halogens is 3. The molecule has 7 heteroatoms. The molecule has 1 unspecified atom stereocenters. The summed E-state index contributed by atoms with van der Waals surface area (Å²) in [6, 6.07) is 0.859. The van der Waals surface area contributed by atoms with Crippen LogP contribution in [0.15, 0.2) is 12.3 Å². The molecule has 3 nitrogen and oxygen atoms in total. The SMILES string of the molecule is CS(=N)n1ccc(C(F)(F)F)n1. The number of alkyl halides is 3. The minimum atomic E-state index is -4.41. The molecule has 0 aromatic carbocycles. The van der Waals surface area contributed by atoms with Crippen molar-refractivity contribution in [1.82, 2.24) is 9.19 Å². The third-order valence-electron chi connectivity index (χ3n) is 1.14. The van der Waals surface area contributed by atoms with Crippen LogP contribution in [0.25, 0.3) is 0 Å². The van der Waals surface area contributed by atoms with Crippen LogP contribution in [-0.4, -0.2) is 15.4 Å². The highest BCUT2D eigenvalue weighted by atomic mass is 32.2. The first kappa shape index (κ1) is 9.24. The normalized spacial score (nSPS) is 14.7. The molecule has 1 atom stereocenters. The summed E-state index contributed by atoms with van der Waals surface area (Å²) >= 11 is 0. The smallest absolute Gasteiger partial charge is 0.259 e. The Labute approximate surface area is 69.2 Å². The summed E-state index contributed by atoms with van der Waals surface area (Å²) in [5.74, 6) is 0. The van der Waals surface area contributed by atoms with Crippen molar-refractivity contribution >= 4 is 10.9 Å². The fourth-order valence-corrected chi connectivity index (χ4v) is 1.06. The second kappa shape index (κ2) is 2.89. The lowest BCUT2D eigenvalue weighted by molar-refractivity contribution is -0.141. The lowest BCUT2D eigenvalue weighted by Gasteiger charge is -2.00. The van der Waals surface area contributed by atoms with Gasteiger partial charge in [-0.1, -0.05) is 0 Å². The second-order valence-corrected chi connectivity index (χ2v) is 3.41. The lowest BCUT2D eigenvalue weighted by atomic mass is 10.4. The number of aromatic nitrogens is 2. The van der Waals surface area contributed by atoms with Gasteiger partial charge in [-0.05, 0) is 6.07 Å². The minimum Gasteiger partial charge on any atom is -0.259 e. The highest BCUT2D eigenvalue weighted by Crippen LogP contribution is 2.27. The maximum Gasteiger partial charge on any atom is 0.435 e. The molecular weight excluding hydrogens is 191 g/mol. The first-order valence-corrected chi connectivity index (χ1v) is 4.51. The fraction of sp³-hybridized carbons (Fsp3) is 0.400. The van der Waals surface area contributed by atoms with Crippen molar-refractivity contribution in [3.63, 3.8) is 0 Å². The fourth-order valence-electron chi connectivity index (χ4n) is 0.611. The molecule has 0 bridgehead atoms. The third kappa shape index (κ3) is 1.84. The van der Waals surface area contributed by atoms with Gasteiger partial charge in [0.15, 0.2) is 5.69 Å². The third-order valence-corrected chi connectivity index (χ3v) is 1.90. The van der Waals surface area contributed by atoms with E-state index in [1.165, 1.54) is 6.26 Å². The largest absolute Gasteiger partial charge is 0.435 e. The Morgan fingerprint density at radius 2 is 2.17 bits per heavy atom. The van der Waals surface area contributed by atoms with E-state index in [0.29, 0.717) is 0 Å². The first-order chi connectivity index (χ1) is 5.41. The number of nitrogens with zero attached hydrogens (tertiary/aromatic N) is 2. The molecule has 0 saturated heterocycles. The van der Waals surface area contributed by atoms with E-state index >= 15 is 0 Å². The number of hydrogen-bond donors (Lipinski definition) is 1. The molecule has 12 heavy (non-hydrogen) atoms. The number of hydrogen-bond acceptors (Lipinski definition) is 2. The van der Waals surface area contributed by atoms with Gasteiger partial charge < -0.3 is 0 Å². The molecule has 0 amide bonds. The molecule has 1 heterocycles. The van der Waals surface area contributed by atoms with Crippen LogP contribution in [0.5, 0.6) is 0 Å². The van der Waals surface area contributed by atoms with E-state index in [-0.39, 0.29) is 0 Å². The summed E-state index contributed by atoms with van der Waals surface area (Å²) in [7, 11) is -1.04. The minimum absolute atomic E-state index is 0.859. The van der Waals surface area contributed by atoms with Gasteiger partial charge in [-0.3, -0.25) is 4.78 Å². The van der Waals surface area contributed by atoms with Crippen molar-refractivity contribution in [1.29, 1.82) is 4.78 Å². The standard InChI is InChI=1S/C5H6F3N3S/c1-12(9)11-3-2-4(10-11)5(6,7)8/h2-3,9H,1H3. The summed E-state index contributed by atoms with van der Waals surface area (Å²) in [4.78, 5) is 0. The van der Waals surface area contributed by atoms with E-state index in [1.54, 1.807) is 0 Å². The monoisotopic (exact) mass is 197 g/mol. The molecule has 1 N–H and O–H groups in total. The zero-order valence-corrected chi connectivity index (χ0v) is 6.91. The van der Waals surface area contributed by atoms with Crippen LogP contribution >= 0.6 is 0 Å². The summed E-state index contributed by atoms with van der Waals surface area (Å²) < 4.78 is 43.9. The summed E-state index contributed by atoms with van der Waals surface area (Å²) in [5.41, 5.74) is -0.950. The maximum atomic E-state index is 11.9. The summed E-state index contributed by atoms with van der Waals surface area (Å²) in [5, 5.41) is 3.20. The number of rotatable bonds is 1. The Bertz CT molecular complexity index is 303. The molecule has 0 radical (unpaired) electrons. The molecule has 0 fully saturated rings. The van der Waals surface area contributed by atoms with Crippen LogP contribution < -0.4 is 0 Å². The molecule has 1 aromatic rings. The molecule has 0 saturated carbocycles. The molecular formula is C5H6F3N3S. The van der Waals surface area contributed by atoms with Crippen LogP contribution in [0, 0.1) is 4.78 Å². The highest BCUT2D eigenvalue weighted by Gasteiger charge is 2.33. The van der Waals surface area contributed by atoms with E-state index in [4.69, 9.17) is 4.78 Å². The molecule has 0 spiro atoms. The van der Waals surface area contributed by atoms with Gasteiger partial charge in [-0.25, -0.2) is 4.09 Å². The zero-order valence-electron chi connectivity index (χ0n) is 6.09.